The quantitative estimate of drug-likeness (QED) is 0.636. The zero-order chi connectivity index (χ0) is 6.97. The van der Waals surface area contributed by atoms with E-state index in [9.17, 15) is 0 Å². The molecule has 2 rings (SSSR count). The van der Waals surface area contributed by atoms with Gasteiger partial charge in [-0.25, -0.2) is 0 Å². The van der Waals surface area contributed by atoms with Crippen LogP contribution >= 0.6 is 0 Å². The van der Waals surface area contributed by atoms with E-state index in [0.717, 1.165) is 8.95 Å². The second-order valence-corrected chi connectivity index (χ2v) is 4.28. The van der Waals surface area contributed by atoms with E-state index in [2.05, 4.69) is 4.98 Å². The number of nitrogens with zero attached hydrogens (tertiary/aromatic N) is 1. The number of hydrogen-bond acceptors (Lipinski definition) is 2. The third-order valence-electron chi connectivity index (χ3n) is 1.31. The summed E-state index contributed by atoms with van der Waals surface area (Å²) in [6, 6.07) is 5.98. The summed E-state index contributed by atoms with van der Waals surface area (Å²) in [5, 5.41) is 1.19. The van der Waals surface area contributed by atoms with Crippen molar-refractivity contribution in [2.75, 3.05) is 5.73 Å². The van der Waals surface area contributed by atoms with Crippen LogP contribution in [0, 0.1) is 0 Å². The van der Waals surface area contributed by atoms with Gasteiger partial charge in [0, 0.05) is 0 Å². The van der Waals surface area contributed by atoms with Crippen LogP contribution in [0.25, 0.3) is 9.78 Å². The summed E-state index contributed by atoms with van der Waals surface area (Å²) >= 11 is 0.288. The summed E-state index contributed by atoms with van der Waals surface area (Å²) < 4.78 is 2.13. The van der Waals surface area contributed by atoms with Crippen molar-refractivity contribution in [3.8, 4) is 0 Å². The number of nitrogens with two attached hydrogens (primary N) is 1. The number of nitrogen functional groups attached to an aromatic ring is 1. The summed E-state index contributed by atoms with van der Waals surface area (Å²) in [5.41, 5.74) is 5.63. The maximum atomic E-state index is 5.63. The Bertz CT molecular complexity index is 320. The zero-order valence-corrected chi connectivity index (χ0v) is 6.96. The van der Waals surface area contributed by atoms with E-state index in [4.69, 9.17) is 5.73 Å². The normalized spacial score (nSPS) is 10.4. The first-order valence-electron chi connectivity index (χ1n) is 2.96. The van der Waals surface area contributed by atoms with Gasteiger partial charge in [0.05, 0.1) is 0 Å². The predicted octanol–water partition coefficient (Wildman–Crippen LogP) is 0.874. The van der Waals surface area contributed by atoms with Crippen molar-refractivity contribution in [2.45, 2.75) is 0 Å². The van der Waals surface area contributed by atoms with E-state index in [0.29, 0.717) is 0 Å². The van der Waals surface area contributed by atoms with Crippen molar-refractivity contribution in [3.63, 3.8) is 0 Å². The maximum absolute atomic E-state index is 5.63. The Morgan fingerprint density at radius 2 is 2.40 bits per heavy atom. The molecule has 0 atom stereocenters. The topological polar surface area (TPSA) is 38.9 Å². The van der Waals surface area contributed by atoms with Crippen LogP contribution in [0.4, 0.5) is 4.56 Å². The minimum absolute atomic E-state index is 0.288. The van der Waals surface area contributed by atoms with Gasteiger partial charge < -0.3 is 0 Å². The molecule has 3 heteroatoms. The van der Waals surface area contributed by atoms with Crippen LogP contribution in [0.3, 0.4) is 0 Å². The van der Waals surface area contributed by atoms with Crippen molar-refractivity contribution in [1.82, 2.24) is 4.98 Å². The molecule has 0 spiro atoms. The summed E-state index contributed by atoms with van der Waals surface area (Å²) in [6.07, 6.45) is 1.81. The van der Waals surface area contributed by atoms with E-state index < -0.39 is 0 Å². The predicted molar refractivity (Wildman–Crippen MR) is 43.1 cm³/mol. The number of rotatable bonds is 0. The average Bonchev–Trinajstić information content (AvgIpc) is 2.27. The molecule has 0 fully saturated rings. The number of anilines is 1. The number of pyridine rings is 1. The first-order chi connectivity index (χ1) is 4.86. The van der Waals surface area contributed by atoms with Gasteiger partial charge in [-0.15, -0.1) is 0 Å². The zero-order valence-electron chi connectivity index (χ0n) is 5.24. The van der Waals surface area contributed by atoms with E-state index in [1.807, 2.05) is 24.4 Å². The van der Waals surface area contributed by atoms with Crippen molar-refractivity contribution < 1.29 is 0 Å². The monoisotopic (exact) mass is 198 g/mol. The first-order valence-corrected chi connectivity index (χ1v) is 4.67. The molecule has 0 bridgehead atoms. The molecular formula is C7H6N2Se. The molecule has 0 saturated carbocycles. The van der Waals surface area contributed by atoms with E-state index in [-0.39, 0.29) is 14.5 Å². The van der Waals surface area contributed by atoms with Crippen molar-refractivity contribution in [1.29, 1.82) is 0 Å². The number of hydrogen-bond donors (Lipinski definition) is 1. The van der Waals surface area contributed by atoms with Crippen LogP contribution in [0.2, 0.25) is 0 Å². The van der Waals surface area contributed by atoms with Crippen molar-refractivity contribution in [3.05, 3.63) is 24.4 Å². The van der Waals surface area contributed by atoms with Gasteiger partial charge in [0.2, 0.25) is 0 Å². The Kier molecular flexibility index (Phi) is 1.26. The molecule has 2 N–H and O–H groups in total. The molecule has 50 valence electrons. The fourth-order valence-corrected chi connectivity index (χ4v) is 2.50. The number of aromatic nitrogens is 1. The van der Waals surface area contributed by atoms with Gasteiger partial charge in [-0.2, -0.15) is 0 Å². The molecule has 2 aromatic rings. The molecule has 0 radical (unpaired) electrons. The van der Waals surface area contributed by atoms with Crippen LogP contribution < -0.4 is 5.73 Å². The van der Waals surface area contributed by atoms with E-state index >= 15 is 0 Å². The molecule has 0 amide bonds. The van der Waals surface area contributed by atoms with Crippen LogP contribution in [0.5, 0.6) is 0 Å². The summed E-state index contributed by atoms with van der Waals surface area (Å²) in [6.45, 7) is 0. The van der Waals surface area contributed by atoms with Gasteiger partial charge in [0.25, 0.3) is 0 Å². The molecule has 2 nitrogen and oxygen atoms in total. The third-order valence-corrected chi connectivity index (χ3v) is 3.18. The first kappa shape index (κ1) is 5.95. The molecule has 0 unspecified atom stereocenters. The van der Waals surface area contributed by atoms with Crippen LogP contribution in [-0.2, 0) is 0 Å². The van der Waals surface area contributed by atoms with Crippen LogP contribution in [0.15, 0.2) is 24.4 Å². The van der Waals surface area contributed by atoms with Crippen LogP contribution in [0.1, 0.15) is 0 Å². The molecule has 0 saturated heterocycles. The average molecular weight is 197 g/mol. The molecule has 0 aromatic carbocycles. The summed E-state index contributed by atoms with van der Waals surface area (Å²) in [5.74, 6) is 0. The Morgan fingerprint density at radius 3 is 3.20 bits per heavy atom. The Labute approximate surface area is 64.4 Å². The summed E-state index contributed by atoms with van der Waals surface area (Å²) in [7, 11) is 0. The fraction of sp³-hybridized carbons (Fsp3) is 0. The van der Waals surface area contributed by atoms with Gasteiger partial charge >= 0.3 is 64.0 Å². The molecular weight excluding hydrogens is 191 g/mol. The molecule has 2 heterocycles. The van der Waals surface area contributed by atoms with Gasteiger partial charge in [-0.1, -0.05) is 0 Å². The molecule has 10 heavy (non-hydrogen) atoms. The van der Waals surface area contributed by atoms with Gasteiger partial charge in [-0.3, -0.25) is 0 Å². The van der Waals surface area contributed by atoms with E-state index in [1.54, 1.807) is 0 Å². The third kappa shape index (κ3) is 0.838. The van der Waals surface area contributed by atoms with Crippen molar-refractivity contribution >= 4 is 28.8 Å². The molecule has 0 aliphatic heterocycles. The SMILES string of the molecule is Nc1cc2cccnc2[se]1. The molecule has 0 aliphatic rings. The van der Waals surface area contributed by atoms with Crippen molar-refractivity contribution in [2.24, 2.45) is 0 Å². The fourth-order valence-electron chi connectivity index (χ4n) is 0.893. The Balaban J connectivity index is 2.88. The molecule has 0 aliphatic carbocycles. The second kappa shape index (κ2) is 2.11. The Morgan fingerprint density at radius 1 is 1.50 bits per heavy atom. The Hall–Kier alpha value is -0.791. The van der Waals surface area contributed by atoms with Gasteiger partial charge in [0.1, 0.15) is 0 Å². The standard InChI is InChI=1S/C7H6N2Se/c8-6-4-5-2-1-3-9-7(5)10-6/h1-4H,8H2. The minimum atomic E-state index is 0.288. The van der Waals surface area contributed by atoms with Gasteiger partial charge in [-0.05, 0) is 0 Å². The second-order valence-electron chi connectivity index (χ2n) is 2.05. The molecule has 2 aromatic heterocycles. The van der Waals surface area contributed by atoms with Crippen LogP contribution in [-0.4, -0.2) is 19.5 Å². The number of fused-ring (bicyclic) bond motifs is 1. The summed E-state index contributed by atoms with van der Waals surface area (Å²) in [4.78, 5) is 4.21. The van der Waals surface area contributed by atoms with Gasteiger partial charge in [0.15, 0.2) is 0 Å². The van der Waals surface area contributed by atoms with E-state index in [1.165, 1.54) is 5.39 Å².